The molecule has 1 heterocycles. The second-order valence-corrected chi connectivity index (χ2v) is 5.52. The zero-order chi connectivity index (χ0) is 12.1. The first-order valence-corrected chi connectivity index (χ1v) is 6.66. The minimum Gasteiger partial charge on any atom is -0.411 e. The fraction of sp³-hybridized carbons (Fsp3) is 0.400. The molecule has 2 bridgehead atoms. The maximum absolute atomic E-state index is 9.30. The highest BCUT2D eigenvalue weighted by molar-refractivity contribution is 5.94. The number of benzene rings is 1. The van der Waals surface area contributed by atoms with Gasteiger partial charge in [0.15, 0.2) is 0 Å². The van der Waals surface area contributed by atoms with Crippen molar-refractivity contribution in [3.05, 3.63) is 36.5 Å². The normalized spacial score (nSPS) is 32.7. The van der Waals surface area contributed by atoms with Crippen molar-refractivity contribution in [3.8, 4) is 0 Å². The molecule has 4 rings (SSSR count). The van der Waals surface area contributed by atoms with E-state index in [1.54, 1.807) is 0 Å². The lowest BCUT2D eigenvalue weighted by atomic mass is 9.93. The molecule has 1 aromatic heterocycles. The highest BCUT2D eigenvalue weighted by Crippen LogP contribution is 2.49. The van der Waals surface area contributed by atoms with Gasteiger partial charge in [-0.1, -0.05) is 23.4 Å². The third-order valence-electron chi connectivity index (χ3n) is 4.69. The maximum atomic E-state index is 9.30. The summed E-state index contributed by atoms with van der Waals surface area (Å²) in [6.07, 6.45) is 5.79. The van der Waals surface area contributed by atoms with Crippen molar-refractivity contribution >= 4 is 16.6 Å². The molecule has 92 valence electrons. The van der Waals surface area contributed by atoms with Crippen LogP contribution in [0.15, 0.2) is 41.7 Å². The van der Waals surface area contributed by atoms with E-state index in [0.717, 1.165) is 5.71 Å². The van der Waals surface area contributed by atoms with Crippen molar-refractivity contribution in [3.63, 3.8) is 0 Å². The fourth-order valence-electron chi connectivity index (χ4n) is 3.91. The Labute approximate surface area is 106 Å². The zero-order valence-electron chi connectivity index (χ0n) is 10.2. The Kier molecular flexibility index (Phi) is 2.04. The molecule has 0 saturated heterocycles. The molecule has 2 saturated carbocycles. The number of aromatic nitrogens is 1. The molecular formula is C15H16N2O. The van der Waals surface area contributed by atoms with Gasteiger partial charge >= 0.3 is 0 Å². The first-order valence-electron chi connectivity index (χ1n) is 6.66. The highest BCUT2D eigenvalue weighted by Gasteiger charge is 2.46. The minimum atomic E-state index is 0.272. The van der Waals surface area contributed by atoms with E-state index in [9.17, 15) is 5.21 Å². The van der Waals surface area contributed by atoms with Crippen molar-refractivity contribution in [1.82, 2.24) is 4.57 Å². The summed E-state index contributed by atoms with van der Waals surface area (Å²) in [5.74, 6) is 1.16. The first kappa shape index (κ1) is 10.2. The number of fused-ring (bicyclic) bond motifs is 3. The van der Waals surface area contributed by atoms with E-state index in [1.807, 2.05) is 0 Å². The van der Waals surface area contributed by atoms with E-state index in [1.165, 1.54) is 30.2 Å². The number of nitrogens with zero attached hydrogens (tertiary/aromatic N) is 2. The van der Waals surface area contributed by atoms with Crippen LogP contribution in [0.25, 0.3) is 10.9 Å². The molecule has 0 unspecified atom stereocenters. The molecule has 1 aromatic carbocycles. The fourth-order valence-corrected chi connectivity index (χ4v) is 3.91. The predicted molar refractivity (Wildman–Crippen MR) is 71.0 cm³/mol. The van der Waals surface area contributed by atoms with Gasteiger partial charge in [-0.2, -0.15) is 0 Å². The Hall–Kier alpha value is -1.77. The molecule has 0 radical (unpaired) electrons. The number of oxime groups is 1. The van der Waals surface area contributed by atoms with E-state index in [2.05, 4.69) is 46.3 Å². The molecule has 18 heavy (non-hydrogen) atoms. The standard InChI is InChI=1S/C15H16N2O/c18-16-14-11-5-6-12(9-11)15(14)17-8-7-10-3-1-2-4-13(10)17/h1-4,7-8,11-12,15,18H,5-6,9H2/b16-14+/t11-,12-,15+/m0/s1. The maximum Gasteiger partial charge on any atom is 0.0832 e. The zero-order valence-corrected chi connectivity index (χ0v) is 10.2. The molecule has 3 atom stereocenters. The third-order valence-corrected chi connectivity index (χ3v) is 4.69. The Morgan fingerprint density at radius 2 is 2.06 bits per heavy atom. The van der Waals surface area contributed by atoms with Gasteiger partial charge in [-0.3, -0.25) is 0 Å². The van der Waals surface area contributed by atoms with Crippen LogP contribution in [0.5, 0.6) is 0 Å². The van der Waals surface area contributed by atoms with Crippen LogP contribution < -0.4 is 0 Å². The van der Waals surface area contributed by atoms with Crippen LogP contribution in [0.1, 0.15) is 25.3 Å². The molecular weight excluding hydrogens is 224 g/mol. The smallest absolute Gasteiger partial charge is 0.0832 e. The Bertz CT molecular complexity index is 628. The lowest BCUT2D eigenvalue weighted by molar-refractivity contribution is 0.307. The van der Waals surface area contributed by atoms with E-state index in [4.69, 9.17) is 0 Å². The number of hydrogen-bond acceptors (Lipinski definition) is 2. The minimum absolute atomic E-state index is 0.272. The first-order chi connectivity index (χ1) is 8.88. The highest BCUT2D eigenvalue weighted by atomic mass is 16.4. The SMILES string of the molecule is O/N=C1\[C@H]2CC[C@@H](C2)[C@H]1n1ccc2ccccc21. The predicted octanol–water partition coefficient (Wildman–Crippen LogP) is 3.44. The van der Waals surface area contributed by atoms with Crippen LogP contribution in [0.3, 0.4) is 0 Å². The van der Waals surface area contributed by atoms with Crippen LogP contribution in [0, 0.1) is 11.8 Å². The average molecular weight is 240 g/mol. The van der Waals surface area contributed by atoms with Gasteiger partial charge in [-0.25, -0.2) is 0 Å². The molecule has 0 spiro atoms. The van der Waals surface area contributed by atoms with Crippen molar-refractivity contribution in [2.45, 2.75) is 25.3 Å². The van der Waals surface area contributed by atoms with Gasteiger partial charge in [-0.05, 0) is 42.7 Å². The number of hydrogen-bond donors (Lipinski definition) is 1. The van der Waals surface area contributed by atoms with Gasteiger partial charge in [0, 0.05) is 17.6 Å². The van der Waals surface area contributed by atoms with Gasteiger partial charge in [0.1, 0.15) is 0 Å². The Morgan fingerprint density at radius 1 is 1.17 bits per heavy atom. The van der Waals surface area contributed by atoms with Crippen LogP contribution in [0.2, 0.25) is 0 Å². The molecule has 2 aromatic rings. The second kappa shape index (κ2) is 3.61. The molecule has 1 N–H and O–H groups in total. The third kappa shape index (κ3) is 1.22. The molecule has 2 aliphatic rings. The monoisotopic (exact) mass is 240 g/mol. The van der Waals surface area contributed by atoms with Crippen molar-refractivity contribution < 1.29 is 5.21 Å². The van der Waals surface area contributed by atoms with Gasteiger partial charge in [0.05, 0.1) is 11.8 Å². The van der Waals surface area contributed by atoms with Gasteiger partial charge in [-0.15, -0.1) is 0 Å². The molecule has 0 aliphatic heterocycles. The Balaban J connectivity index is 1.88. The quantitative estimate of drug-likeness (QED) is 0.601. The summed E-state index contributed by atoms with van der Waals surface area (Å²) in [6, 6.07) is 10.8. The second-order valence-electron chi connectivity index (χ2n) is 5.52. The van der Waals surface area contributed by atoms with E-state index in [-0.39, 0.29) is 6.04 Å². The van der Waals surface area contributed by atoms with E-state index < -0.39 is 0 Å². The summed E-state index contributed by atoms with van der Waals surface area (Å²) in [5, 5.41) is 14.2. The molecule has 2 aliphatic carbocycles. The van der Waals surface area contributed by atoms with Gasteiger partial charge < -0.3 is 9.77 Å². The van der Waals surface area contributed by atoms with Gasteiger partial charge in [0.25, 0.3) is 0 Å². The summed E-state index contributed by atoms with van der Waals surface area (Å²) in [6.45, 7) is 0. The summed E-state index contributed by atoms with van der Waals surface area (Å²) in [7, 11) is 0. The van der Waals surface area contributed by atoms with Crippen LogP contribution in [-0.4, -0.2) is 15.5 Å². The Morgan fingerprint density at radius 3 is 2.94 bits per heavy atom. The van der Waals surface area contributed by atoms with Gasteiger partial charge in [0.2, 0.25) is 0 Å². The van der Waals surface area contributed by atoms with Crippen LogP contribution >= 0.6 is 0 Å². The molecule has 2 fully saturated rings. The molecule has 3 heteroatoms. The lowest BCUT2D eigenvalue weighted by Gasteiger charge is -2.25. The van der Waals surface area contributed by atoms with Crippen molar-refractivity contribution in [1.29, 1.82) is 0 Å². The van der Waals surface area contributed by atoms with E-state index in [0.29, 0.717) is 11.8 Å². The molecule has 0 amide bonds. The van der Waals surface area contributed by atoms with Crippen LogP contribution in [0.4, 0.5) is 0 Å². The van der Waals surface area contributed by atoms with E-state index >= 15 is 0 Å². The average Bonchev–Trinajstić information content (AvgIpc) is 3.11. The summed E-state index contributed by atoms with van der Waals surface area (Å²) >= 11 is 0. The van der Waals surface area contributed by atoms with Crippen molar-refractivity contribution in [2.24, 2.45) is 17.0 Å². The summed E-state index contributed by atoms with van der Waals surface area (Å²) in [4.78, 5) is 0. The van der Waals surface area contributed by atoms with Crippen LogP contribution in [-0.2, 0) is 0 Å². The van der Waals surface area contributed by atoms with Crippen molar-refractivity contribution in [2.75, 3.05) is 0 Å². The molecule has 3 nitrogen and oxygen atoms in total. The largest absolute Gasteiger partial charge is 0.411 e. The number of para-hydroxylation sites is 1. The summed E-state index contributed by atoms with van der Waals surface area (Å²) in [5.41, 5.74) is 2.24. The topological polar surface area (TPSA) is 37.5 Å². The lowest BCUT2D eigenvalue weighted by Crippen LogP contribution is -2.25. The summed E-state index contributed by atoms with van der Waals surface area (Å²) < 4.78 is 2.30. The number of rotatable bonds is 1.